The molecule has 47 heavy (non-hydrogen) atoms. The first-order valence-corrected chi connectivity index (χ1v) is 17.5. The largest absolute Gasteiger partial charge is 0.395 e. The minimum Gasteiger partial charge on any atom is -0.313 e. The molecule has 0 aromatic heterocycles. The molecule has 0 bridgehead atoms. The van der Waals surface area contributed by atoms with Gasteiger partial charge in [-0.3, -0.25) is 9.34 Å². The Morgan fingerprint density at radius 1 is 0.404 bits per heavy atom. The van der Waals surface area contributed by atoms with Crippen LogP contribution < -0.4 is 9.34 Å². The molecule has 8 aromatic carbocycles. The Hall–Kier alpha value is -5.41. The molecule has 0 spiro atoms. The van der Waals surface area contributed by atoms with Gasteiger partial charge in [-0.25, -0.2) is 4.57 Å². The van der Waals surface area contributed by atoms with Crippen molar-refractivity contribution < 1.29 is 9.46 Å². The Morgan fingerprint density at radius 2 is 0.723 bits per heavy atom. The Balaban J connectivity index is 1.41. The molecular formula is C42H31N2O2P. The first-order valence-electron chi connectivity index (χ1n) is 15.9. The number of rotatable bonds is 4. The number of hydrogen-bond donors (Lipinski definition) is 1. The monoisotopic (exact) mass is 626 g/mol. The van der Waals surface area contributed by atoms with Crippen LogP contribution in [0, 0.1) is 0 Å². The minimum atomic E-state index is -4.35. The molecule has 8 aromatic rings. The molecule has 1 aliphatic rings. The van der Waals surface area contributed by atoms with Crippen molar-refractivity contribution in [1.29, 1.82) is 0 Å². The van der Waals surface area contributed by atoms with E-state index in [2.05, 4.69) is 84.9 Å². The van der Waals surface area contributed by atoms with Crippen LogP contribution in [-0.4, -0.2) is 4.89 Å². The average Bonchev–Trinajstić information content (AvgIpc) is 3.38. The Kier molecular flexibility index (Phi) is 6.43. The predicted molar refractivity (Wildman–Crippen MR) is 196 cm³/mol. The summed E-state index contributed by atoms with van der Waals surface area (Å²) in [6.45, 7) is 0. The summed E-state index contributed by atoms with van der Waals surface area (Å²) in [5.74, 6) is 0. The first kappa shape index (κ1) is 27.9. The zero-order valence-electron chi connectivity index (χ0n) is 25.5. The highest BCUT2D eigenvalue weighted by molar-refractivity contribution is 7.62. The molecule has 1 aliphatic heterocycles. The molecule has 1 saturated heterocycles. The molecular weight excluding hydrogens is 595 g/mol. The third-order valence-corrected chi connectivity index (χ3v) is 11.7. The summed E-state index contributed by atoms with van der Waals surface area (Å²) in [7, 11) is -4.35. The molecule has 0 radical (unpaired) electrons. The zero-order valence-corrected chi connectivity index (χ0v) is 26.4. The molecule has 0 saturated carbocycles. The van der Waals surface area contributed by atoms with Crippen molar-refractivity contribution in [2.75, 3.05) is 9.34 Å². The predicted octanol–water partition coefficient (Wildman–Crippen LogP) is 11.2. The highest BCUT2D eigenvalue weighted by Gasteiger charge is 2.56. The van der Waals surface area contributed by atoms with E-state index in [9.17, 15) is 4.89 Å². The molecule has 0 aliphatic carbocycles. The number of anilines is 2. The highest BCUT2D eigenvalue weighted by Crippen LogP contribution is 2.71. The standard InChI is InChI=1S/C42H31N2O2P/c45-47(46)43(39-27-31-19-7-9-21-33(31)35-23-11-13-25-37(35)39)41(29-15-3-1-4-16-29)42(30-17-5-2-6-18-30)44(47)40-28-32-20-8-10-22-34(32)36-24-12-14-26-38(36)40/h1-28,41-42H,(H,45,46)/t41-,42-/m1/s1. The lowest BCUT2D eigenvalue weighted by molar-refractivity contribution is 0.477. The quantitative estimate of drug-likeness (QED) is 0.156. The second kappa shape index (κ2) is 10.8. The molecule has 1 fully saturated rings. The third kappa shape index (κ3) is 4.30. The molecule has 4 nitrogen and oxygen atoms in total. The van der Waals surface area contributed by atoms with Crippen LogP contribution in [-0.2, 0) is 4.57 Å². The number of fused-ring (bicyclic) bond motifs is 6. The minimum absolute atomic E-state index is 0.482. The van der Waals surface area contributed by atoms with Crippen LogP contribution in [0.4, 0.5) is 11.4 Å². The van der Waals surface area contributed by atoms with Gasteiger partial charge in [-0.2, -0.15) is 0 Å². The molecule has 226 valence electrons. The average molecular weight is 627 g/mol. The van der Waals surface area contributed by atoms with Gasteiger partial charge in [0.2, 0.25) is 0 Å². The zero-order chi connectivity index (χ0) is 31.5. The van der Waals surface area contributed by atoms with Crippen LogP contribution in [0.1, 0.15) is 23.2 Å². The van der Waals surface area contributed by atoms with Gasteiger partial charge in [-0.1, -0.05) is 158 Å². The van der Waals surface area contributed by atoms with Crippen molar-refractivity contribution in [2.24, 2.45) is 0 Å². The SMILES string of the molecule is O=P1(O)N(c2cc3ccccc3c3ccccc23)[C@H](c2ccccc2)[C@@H](c2ccccc2)N1c1cc2ccccc2c2ccccc12. The van der Waals surface area contributed by atoms with Gasteiger partial charge in [0.05, 0.1) is 23.5 Å². The molecule has 9 rings (SSSR count). The Bertz CT molecular complexity index is 2330. The summed E-state index contributed by atoms with van der Waals surface area (Å²) in [5, 5.41) is 8.28. The van der Waals surface area contributed by atoms with Gasteiger partial charge in [-0.05, 0) is 55.6 Å². The number of nitrogens with zero attached hydrogens (tertiary/aromatic N) is 2. The maximum Gasteiger partial charge on any atom is 0.395 e. The van der Waals surface area contributed by atoms with Crippen LogP contribution in [0.5, 0.6) is 0 Å². The summed E-state index contributed by atoms with van der Waals surface area (Å²) >= 11 is 0. The van der Waals surface area contributed by atoms with E-state index in [1.165, 1.54) is 0 Å². The normalized spacial score (nSPS) is 17.6. The summed E-state index contributed by atoms with van der Waals surface area (Å²) in [6.07, 6.45) is 0. The fraction of sp³-hybridized carbons (Fsp3) is 0.0476. The summed E-state index contributed by atoms with van der Waals surface area (Å²) in [6, 6.07) is 56.7. The lowest BCUT2D eigenvalue weighted by Crippen LogP contribution is -2.24. The Morgan fingerprint density at radius 3 is 1.13 bits per heavy atom. The van der Waals surface area contributed by atoms with Crippen molar-refractivity contribution in [2.45, 2.75) is 12.1 Å². The van der Waals surface area contributed by atoms with Gasteiger partial charge in [0.25, 0.3) is 0 Å². The van der Waals surface area contributed by atoms with Crippen LogP contribution in [0.2, 0.25) is 0 Å². The van der Waals surface area contributed by atoms with Gasteiger partial charge in [-0.15, -0.1) is 0 Å². The van der Waals surface area contributed by atoms with Crippen molar-refractivity contribution in [3.05, 3.63) is 181 Å². The van der Waals surface area contributed by atoms with Crippen molar-refractivity contribution >= 4 is 62.1 Å². The smallest absolute Gasteiger partial charge is 0.313 e. The molecule has 0 amide bonds. The van der Waals surface area contributed by atoms with Crippen LogP contribution in [0.25, 0.3) is 43.1 Å². The fourth-order valence-corrected chi connectivity index (χ4v) is 9.94. The third-order valence-electron chi connectivity index (χ3n) is 9.66. The van der Waals surface area contributed by atoms with Gasteiger partial charge in [0, 0.05) is 10.8 Å². The van der Waals surface area contributed by atoms with E-state index >= 15 is 4.57 Å². The molecule has 0 unspecified atom stereocenters. The topological polar surface area (TPSA) is 43.8 Å². The van der Waals surface area contributed by atoms with Crippen LogP contribution >= 0.6 is 7.67 Å². The van der Waals surface area contributed by atoms with Crippen LogP contribution in [0.15, 0.2) is 170 Å². The fourth-order valence-electron chi connectivity index (χ4n) is 7.67. The van der Waals surface area contributed by atoms with E-state index in [4.69, 9.17) is 0 Å². The number of benzene rings is 8. The van der Waals surface area contributed by atoms with E-state index in [0.717, 1.165) is 65.6 Å². The van der Waals surface area contributed by atoms with Gasteiger partial charge in [0.1, 0.15) is 0 Å². The van der Waals surface area contributed by atoms with E-state index in [1.54, 1.807) is 0 Å². The lowest BCUT2D eigenvalue weighted by atomic mass is 9.91. The molecule has 5 heteroatoms. The van der Waals surface area contributed by atoms with E-state index < -0.39 is 19.8 Å². The van der Waals surface area contributed by atoms with E-state index in [-0.39, 0.29) is 0 Å². The van der Waals surface area contributed by atoms with Crippen molar-refractivity contribution in [3.8, 4) is 0 Å². The second-order valence-corrected chi connectivity index (χ2v) is 14.1. The summed E-state index contributed by atoms with van der Waals surface area (Å²) in [4.78, 5) is 13.0. The molecule has 2 atom stereocenters. The van der Waals surface area contributed by atoms with Crippen LogP contribution in [0.3, 0.4) is 0 Å². The van der Waals surface area contributed by atoms with Gasteiger partial charge < -0.3 is 4.89 Å². The maximum absolute atomic E-state index is 15.8. The van der Waals surface area contributed by atoms with Crippen molar-refractivity contribution in [3.63, 3.8) is 0 Å². The van der Waals surface area contributed by atoms with E-state index in [1.807, 2.05) is 94.3 Å². The van der Waals surface area contributed by atoms with Gasteiger partial charge in [0.15, 0.2) is 0 Å². The molecule has 1 N–H and O–H groups in total. The summed E-state index contributed by atoms with van der Waals surface area (Å²) in [5.41, 5.74) is 3.43. The Labute approximate surface area is 273 Å². The molecule has 1 heterocycles. The first-order chi connectivity index (χ1) is 23.1. The number of hydrogen-bond acceptors (Lipinski definition) is 1. The van der Waals surface area contributed by atoms with E-state index in [0.29, 0.717) is 0 Å². The summed E-state index contributed by atoms with van der Waals surface area (Å²) < 4.78 is 19.5. The second-order valence-electron chi connectivity index (χ2n) is 12.2. The van der Waals surface area contributed by atoms with Gasteiger partial charge >= 0.3 is 7.67 Å². The maximum atomic E-state index is 15.8. The lowest BCUT2D eigenvalue weighted by Gasteiger charge is -2.31. The highest BCUT2D eigenvalue weighted by atomic mass is 31.2. The van der Waals surface area contributed by atoms with Crippen molar-refractivity contribution in [1.82, 2.24) is 0 Å².